The molecule has 0 aliphatic heterocycles. The first-order chi connectivity index (χ1) is 6.13. The number of hydrogen-bond acceptors (Lipinski definition) is 3. The van der Waals surface area contributed by atoms with Crippen LogP contribution in [-0.2, 0) is 6.42 Å². The first-order valence-corrected chi connectivity index (χ1v) is 4.25. The lowest BCUT2D eigenvalue weighted by atomic mass is 10.1. The second kappa shape index (κ2) is 4.14. The molecule has 1 aromatic carbocycles. The Bertz CT molecular complexity index is 284. The monoisotopic (exact) mass is 181 g/mol. The van der Waals surface area contributed by atoms with E-state index in [-0.39, 0.29) is 11.8 Å². The van der Waals surface area contributed by atoms with Gasteiger partial charge in [0.1, 0.15) is 11.5 Å². The standard InChI is InChI=1S/C10H15NO2/c1-7(11)5-8-6-9(12)3-4-10(8)13-2/h3-4,6-7,12H,5,11H2,1-2H3. The van der Waals surface area contributed by atoms with Crippen molar-refractivity contribution in [3.8, 4) is 11.5 Å². The van der Waals surface area contributed by atoms with Gasteiger partial charge >= 0.3 is 0 Å². The van der Waals surface area contributed by atoms with Crippen LogP contribution < -0.4 is 10.5 Å². The minimum atomic E-state index is 0.0655. The molecule has 0 radical (unpaired) electrons. The Morgan fingerprint density at radius 2 is 2.23 bits per heavy atom. The molecule has 0 amide bonds. The van der Waals surface area contributed by atoms with Gasteiger partial charge in [0.2, 0.25) is 0 Å². The van der Waals surface area contributed by atoms with Gasteiger partial charge in [-0.2, -0.15) is 0 Å². The van der Waals surface area contributed by atoms with E-state index >= 15 is 0 Å². The summed E-state index contributed by atoms with van der Waals surface area (Å²) in [7, 11) is 1.61. The Hall–Kier alpha value is -1.22. The van der Waals surface area contributed by atoms with Crippen LogP contribution in [-0.4, -0.2) is 18.3 Å². The maximum absolute atomic E-state index is 9.25. The fourth-order valence-electron chi connectivity index (χ4n) is 1.27. The summed E-state index contributed by atoms with van der Waals surface area (Å²) >= 11 is 0. The van der Waals surface area contributed by atoms with Crippen molar-refractivity contribution in [2.45, 2.75) is 19.4 Å². The molecule has 0 aliphatic rings. The van der Waals surface area contributed by atoms with Crippen LogP contribution >= 0.6 is 0 Å². The Morgan fingerprint density at radius 3 is 2.77 bits per heavy atom. The molecule has 1 atom stereocenters. The van der Waals surface area contributed by atoms with Crippen LogP contribution in [0.3, 0.4) is 0 Å². The molecule has 13 heavy (non-hydrogen) atoms. The van der Waals surface area contributed by atoms with Crippen LogP contribution in [0.15, 0.2) is 18.2 Å². The largest absolute Gasteiger partial charge is 0.508 e. The molecule has 3 N–H and O–H groups in total. The van der Waals surface area contributed by atoms with E-state index in [1.165, 1.54) is 0 Å². The van der Waals surface area contributed by atoms with Crippen molar-refractivity contribution >= 4 is 0 Å². The third kappa shape index (κ3) is 2.63. The lowest BCUT2D eigenvalue weighted by Gasteiger charge is -2.10. The van der Waals surface area contributed by atoms with Crippen molar-refractivity contribution in [2.75, 3.05) is 7.11 Å². The Balaban J connectivity index is 2.94. The number of benzene rings is 1. The second-order valence-corrected chi connectivity index (χ2v) is 3.18. The Labute approximate surface area is 78.1 Å². The SMILES string of the molecule is COc1ccc(O)cc1CC(C)N. The predicted molar refractivity (Wildman–Crippen MR) is 52.0 cm³/mol. The van der Waals surface area contributed by atoms with Crippen molar-refractivity contribution < 1.29 is 9.84 Å². The number of ether oxygens (including phenoxy) is 1. The van der Waals surface area contributed by atoms with Gasteiger partial charge in [-0.25, -0.2) is 0 Å². The van der Waals surface area contributed by atoms with Crippen LogP contribution in [0, 0.1) is 0 Å². The summed E-state index contributed by atoms with van der Waals surface area (Å²) in [5.41, 5.74) is 6.60. The van der Waals surface area contributed by atoms with Crippen molar-refractivity contribution in [3.05, 3.63) is 23.8 Å². The summed E-state index contributed by atoms with van der Waals surface area (Å²) in [4.78, 5) is 0. The Morgan fingerprint density at radius 1 is 1.54 bits per heavy atom. The maximum Gasteiger partial charge on any atom is 0.122 e. The maximum atomic E-state index is 9.25. The number of phenolic OH excluding ortho intramolecular Hbond substituents is 1. The number of aromatic hydroxyl groups is 1. The number of rotatable bonds is 3. The molecule has 0 saturated heterocycles. The first kappa shape index (κ1) is 9.86. The summed E-state index contributed by atoms with van der Waals surface area (Å²) in [6.45, 7) is 1.92. The zero-order valence-electron chi connectivity index (χ0n) is 7.95. The van der Waals surface area contributed by atoms with Crippen molar-refractivity contribution in [1.82, 2.24) is 0 Å². The molecule has 1 rings (SSSR count). The summed E-state index contributed by atoms with van der Waals surface area (Å²) < 4.78 is 5.13. The first-order valence-electron chi connectivity index (χ1n) is 4.25. The van der Waals surface area contributed by atoms with E-state index < -0.39 is 0 Å². The predicted octanol–water partition coefficient (Wildman–Crippen LogP) is 1.29. The smallest absolute Gasteiger partial charge is 0.122 e. The van der Waals surface area contributed by atoms with Crippen LogP contribution in [0.25, 0.3) is 0 Å². The van der Waals surface area contributed by atoms with Crippen LogP contribution in [0.2, 0.25) is 0 Å². The number of hydrogen-bond donors (Lipinski definition) is 2. The molecule has 0 heterocycles. The fourth-order valence-corrected chi connectivity index (χ4v) is 1.27. The third-order valence-electron chi connectivity index (χ3n) is 1.81. The van der Waals surface area contributed by atoms with Gasteiger partial charge in [0, 0.05) is 6.04 Å². The molecule has 1 aromatic rings. The average molecular weight is 181 g/mol. The lowest BCUT2D eigenvalue weighted by molar-refractivity contribution is 0.405. The molecule has 1 unspecified atom stereocenters. The summed E-state index contributed by atoms with van der Waals surface area (Å²) in [6.07, 6.45) is 0.706. The minimum absolute atomic E-state index is 0.0655. The van der Waals surface area contributed by atoms with Crippen LogP contribution in [0.5, 0.6) is 11.5 Å². The van der Waals surface area contributed by atoms with E-state index in [4.69, 9.17) is 10.5 Å². The third-order valence-corrected chi connectivity index (χ3v) is 1.81. The highest BCUT2D eigenvalue weighted by Gasteiger charge is 2.05. The highest BCUT2D eigenvalue weighted by Crippen LogP contribution is 2.23. The molecule has 0 fully saturated rings. The zero-order chi connectivity index (χ0) is 9.84. The summed E-state index contributed by atoms with van der Waals surface area (Å²) in [5, 5.41) is 9.25. The molecule has 0 bridgehead atoms. The van der Waals surface area contributed by atoms with Gasteiger partial charge in [0.25, 0.3) is 0 Å². The zero-order valence-corrected chi connectivity index (χ0v) is 7.95. The number of methoxy groups -OCH3 is 1. The Kier molecular flexibility index (Phi) is 3.14. The quantitative estimate of drug-likeness (QED) is 0.738. The highest BCUT2D eigenvalue weighted by atomic mass is 16.5. The van der Waals surface area contributed by atoms with Gasteiger partial charge in [-0.05, 0) is 37.1 Å². The molecular weight excluding hydrogens is 166 g/mol. The van der Waals surface area contributed by atoms with Crippen molar-refractivity contribution in [2.24, 2.45) is 5.73 Å². The molecule has 0 saturated carbocycles. The highest BCUT2D eigenvalue weighted by molar-refractivity contribution is 5.40. The molecule has 3 nitrogen and oxygen atoms in total. The van der Waals surface area contributed by atoms with E-state index in [9.17, 15) is 5.11 Å². The van der Waals surface area contributed by atoms with Crippen LogP contribution in [0.4, 0.5) is 0 Å². The molecule has 0 spiro atoms. The fraction of sp³-hybridized carbons (Fsp3) is 0.400. The lowest BCUT2D eigenvalue weighted by Crippen LogP contribution is -2.18. The van der Waals surface area contributed by atoms with Gasteiger partial charge in [-0.15, -0.1) is 0 Å². The van der Waals surface area contributed by atoms with E-state index in [1.54, 1.807) is 25.3 Å². The normalized spacial score (nSPS) is 12.5. The van der Waals surface area contributed by atoms with E-state index in [0.29, 0.717) is 6.42 Å². The molecule has 0 aliphatic carbocycles. The van der Waals surface area contributed by atoms with Gasteiger partial charge in [-0.3, -0.25) is 0 Å². The van der Waals surface area contributed by atoms with E-state index in [1.807, 2.05) is 6.92 Å². The number of nitrogens with two attached hydrogens (primary N) is 1. The van der Waals surface area contributed by atoms with Gasteiger partial charge < -0.3 is 15.6 Å². The van der Waals surface area contributed by atoms with Gasteiger partial charge in [0.05, 0.1) is 7.11 Å². The molecule has 0 aromatic heterocycles. The summed E-state index contributed by atoms with van der Waals surface area (Å²) in [5.74, 6) is 1.02. The molecule has 3 heteroatoms. The number of phenols is 1. The van der Waals surface area contributed by atoms with Crippen molar-refractivity contribution in [3.63, 3.8) is 0 Å². The van der Waals surface area contributed by atoms with Crippen LogP contribution in [0.1, 0.15) is 12.5 Å². The summed E-state index contributed by atoms with van der Waals surface area (Å²) in [6, 6.07) is 5.09. The van der Waals surface area contributed by atoms with E-state index in [2.05, 4.69) is 0 Å². The topological polar surface area (TPSA) is 55.5 Å². The molecule has 72 valence electrons. The van der Waals surface area contributed by atoms with Crippen molar-refractivity contribution in [1.29, 1.82) is 0 Å². The average Bonchev–Trinajstić information content (AvgIpc) is 2.03. The second-order valence-electron chi connectivity index (χ2n) is 3.18. The minimum Gasteiger partial charge on any atom is -0.508 e. The van der Waals surface area contributed by atoms with Gasteiger partial charge in [0.15, 0.2) is 0 Å². The van der Waals surface area contributed by atoms with E-state index in [0.717, 1.165) is 11.3 Å². The van der Waals surface area contributed by atoms with Gasteiger partial charge in [-0.1, -0.05) is 0 Å². The molecular formula is C10H15NO2.